The summed E-state index contributed by atoms with van der Waals surface area (Å²) in [5, 5.41) is 5.23. The van der Waals surface area contributed by atoms with Crippen LogP contribution in [0.15, 0.2) is 103 Å². The molecule has 1 fully saturated rings. The average molecular weight is 445 g/mol. The van der Waals surface area contributed by atoms with Gasteiger partial charge in [-0.05, 0) is 63.9 Å². The molecule has 3 heterocycles. The Labute approximate surface area is 200 Å². The third kappa shape index (κ3) is 4.07. The van der Waals surface area contributed by atoms with E-state index < -0.39 is 0 Å². The molecule has 1 aliphatic heterocycles. The lowest BCUT2D eigenvalue weighted by Gasteiger charge is -2.45. The molecular formula is C30H28N4. The highest BCUT2D eigenvalue weighted by atomic mass is 15.4. The molecule has 0 atom stereocenters. The zero-order chi connectivity index (χ0) is 22.7. The predicted octanol–water partition coefficient (Wildman–Crippen LogP) is 6.19. The number of aromatic nitrogens is 2. The Bertz CT molecular complexity index is 1300. The molecule has 2 aromatic heterocycles. The number of hydrogen-bond acceptors (Lipinski definition) is 4. The minimum absolute atomic E-state index is 0.133. The molecule has 3 aromatic carbocycles. The molecule has 0 unspecified atom stereocenters. The zero-order valence-corrected chi connectivity index (χ0v) is 19.2. The smallest absolute Gasteiger partial charge is 0.0905 e. The second kappa shape index (κ2) is 9.34. The van der Waals surface area contributed by atoms with Crippen molar-refractivity contribution >= 4 is 21.5 Å². The molecule has 0 saturated carbocycles. The first-order chi connectivity index (χ1) is 16.9. The van der Waals surface area contributed by atoms with Crippen molar-refractivity contribution in [3.8, 4) is 0 Å². The van der Waals surface area contributed by atoms with Gasteiger partial charge in [-0.25, -0.2) is 0 Å². The maximum Gasteiger partial charge on any atom is 0.0905 e. The van der Waals surface area contributed by atoms with Crippen LogP contribution in [0.4, 0.5) is 0 Å². The molecule has 0 radical (unpaired) electrons. The summed E-state index contributed by atoms with van der Waals surface area (Å²) < 4.78 is 0. The molecule has 0 aliphatic carbocycles. The van der Waals surface area contributed by atoms with E-state index in [0.29, 0.717) is 0 Å². The quantitative estimate of drug-likeness (QED) is 0.303. The second-order valence-corrected chi connectivity index (χ2v) is 9.04. The van der Waals surface area contributed by atoms with Crippen molar-refractivity contribution in [2.45, 2.75) is 25.7 Å². The molecule has 4 heteroatoms. The van der Waals surface area contributed by atoms with Crippen LogP contribution in [0, 0.1) is 0 Å². The van der Waals surface area contributed by atoms with Gasteiger partial charge in [-0.1, -0.05) is 60.7 Å². The van der Waals surface area contributed by atoms with Gasteiger partial charge in [0.05, 0.1) is 17.6 Å². The average Bonchev–Trinajstić information content (AvgIpc) is 2.89. The third-order valence-corrected chi connectivity index (χ3v) is 6.84. The van der Waals surface area contributed by atoms with E-state index in [1.807, 2.05) is 24.5 Å². The molecular weight excluding hydrogens is 416 g/mol. The van der Waals surface area contributed by atoms with Gasteiger partial charge in [-0.15, -0.1) is 0 Å². The van der Waals surface area contributed by atoms with Crippen LogP contribution < -0.4 is 0 Å². The first-order valence-corrected chi connectivity index (χ1v) is 12.1. The van der Waals surface area contributed by atoms with Crippen LogP contribution in [-0.4, -0.2) is 32.9 Å². The lowest BCUT2D eigenvalue weighted by atomic mass is 9.92. The van der Waals surface area contributed by atoms with Gasteiger partial charge in [0.1, 0.15) is 0 Å². The zero-order valence-electron chi connectivity index (χ0n) is 19.2. The molecule has 5 aromatic rings. The van der Waals surface area contributed by atoms with Crippen LogP contribution in [0.1, 0.15) is 29.5 Å². The van der Waals surface area contributed by atoms with E-state index in [4.69, 9.17) is 0 Å². The highest BCUT2D eigenvalue weighted by Gasteiger charge is 2.33. The number of benzene rings is 3. The predicted molar refractivity (Wildman–Crippen MR) is 138 cm³/mol. The van der Waals surface area contributed by atoms with Gasteiger partial charge in [0.25, 0.3) is 0 Å². The van der Waals surface area contributed by atoms with Crippen molar-refractivity contribution in [1.29, 1.82) is 0 Å². The summed E-state index contributed by atoms with van der Waals surface area (Å²) in [6.45, 7) is 3.72. The fraction of sp³-hybridized carbons (Fsp3) is 0.200. The van der Waals surface area contributed by atoms with Crippen molar-refractivity contribution in [2.24, 2.45) is 0 Å². The van der Waals surface area contributed by atoms with Crippen LogP contribution in [0.25, 0.3) is 21.5 Å². The molecule has 1 saturated heterocycles. The van der Waals surface area contributed by atoms with Crippen molar-refractivity contribution < 1.29 is 0 Å². The van der Waals surface area contributed by atoms with Crippen LogP contribution in [-0.2, 0) is 13.1 Å². The van der Waals surface area contributed by atoms with Crippen molar-refractivity contribution in [3.63, 3.8) is 0 Å². The topological polar surface area (TPSA) is 32.3 Å². The molecule has 0 amide bonds. The Morgan fingerprint density at radius 1 is 0.618 bits per heavy atom. The molecule has 6 rings (SSSR count). The van der Waals surface area contributed by atoms with E-state index in [-0.39, 0.29) is 6.17 Å². The Morgan fingerprint density at radius 2 is 1.12 bits per heavy atom. The van der Waals surface area contributed by atoms with Gasteiger partial charge in [0.2, 0.25) is 0 Å². The van der Waals surface area contributed by atoms with Gasteiger partial charge in [0.15, 0.2) is 0 Å². The minimum atomic E-state index is 0.133. The van der Waals surface area contributed by atoms with Crippen LogP contribution in [0.5, 0.6) is 0 Å². The van der Waals surface area contributed by atoms with Gasteiger partial charge < -0.3 is 0 Å². The van der Waals surface area contributed by atoms with Crippen molar-refractivity contribution in [2.75, 3.05) is 13.1 Å². The molecule has 0 spiro atoms. The molecule has 0 N–H and O–H groups in total. The largest absolute Gasteiger partial charge is 0.278 e. The van der Waals surface area contributed by atoms with E-state index in [0.717, 1.165) is 44.0 Å². The van der Waals surface area contributed by atoms with E-state index in [1.165, 1.54) is 27.1 Å². The molecule has 34 heavy (non-hydrogen) atoms. The van der Waals surface area contributed by atoms with E-state index in [1.54, 1.807) is 0 Å². The molecule has 1 aliphatic rings. The van der Waals surface area contributed by atoms with E-state index >= 15 is 0 Å². The van der Waals surface area contributed by atoms with Crippen molar-refractivity contribution in [1.82, 2.24) is 19.8 Å². The van der Waals surface area contributed by atoms with Crippen LogP contribution >= 0.6 is 0 Å². The Kier molecular flexibility index (Phi) is 5.76. The summed E-state index contributed by atoms with van der Waals surface area (Å²) in [6, 6.07) is 32.4. The Balaban J connectivity index is 1.53. The second-order valence-electron chi connectivity index (χ2n) is 9.04. The summed E-state index contributed by atoms with van der Waals surface area (Å²) in [5.41, 5.74) is 3.61. The summed E-state index contributed by atoms with van der Waals surface area (Å²) in [7, 11) is 0. The lowest BCUT2D eigenvalue weighted by Crippen LogP contribution is -2.47. The summed E-state index contributed by atoms with van der Waals surface area (Å²) in [6.07, 6.45) is 5.05. The fourth-order valence-corrected chi connectivity index (χ4v) is 5.38. The van der Waals surface area contributed by atoms with E-state index in [9.17, 15) is 0 Å². The summed E-state index contributed by atoms with van der Waals surface area (Å²) in [5.74, 6) is 0. The number of fused-ring (bicyclic) bond motifs is 2. The summed E-state index contributed by atoms with van der Waals surface area (Å²) >= 11 is 0. The van der Waals surface area contributed by atoms with Gasteiger partial charge in [-0.2, -0.15) is 0 Å². The van der Waals surface area contributed by atoms with Gasteiger partial charge in [0, 0.05) is 38.6 Å². The standard InChI is InChI=1S/C30H28N4/c1-3-14-27-23(10-1)20-24-11-2-4-15-28(24)29(27)30-33(21-25-12-5-7-16-31-25)18-9-19-34(30)22-26-13-6-8-17-32-26/h1-8,10-17,20,30H,9,18-19,21-22H2. The molecule has 0 bridgehead atoms. The minimum Gasteiger partial charge on any atom is -0.278 e. The maximum atomic E-state index is 4.66. The first kappa shape index (κ1) is 21.0. The Hall–Kier alpha value is -3.60. The normalized spacial score (nSPS) is 15.8. The van der Waals surface area contributed by atoms with Gasteiger partial charge in [-0.3, -0.25) is 19.8 Å². The van der Waals surface area contributed by atoms with Crippen LogP contribution in [0.3, 0.4) is 0 Å². The first-order valence-electron chi connectivity index (χ1n) is 12.1. The molecule has 168 valence electrons. The number of hydrogen-bond donors (Lipinski definition) is 0. The SMILES string of the molecule is c1ccc(CN2CCCN(Cc3ccccn3)C2c2c3ccccc3cc3ccccc23)nc1. The van der Waals surface area contributed by atoms with Crippen molar-refractivity contribution in [3.05, 3.63) is 120 Å². The summed E-state index contributed by atoms with van der Waals surface area (Å²) in [4.78, 5) is 14.5. The number of pyridine rings is 2. The monoisotopic (exact) mass is 444 g/mol. The lowest BCUT2D eigenvalue weighted by molar-refractivity contribution is -0.00875. The fourth-order valence-electron chi connectivity index (χ4n) is 5.38. The van der Waals surface area contributed by atoms with Gasteiger partial charge >= 0.3 is 0 Å². The number of nitrogens with zero attached hydrogens (tertiary/aromatic N) is 4. The van der Waals surface area contributed by atoms with E-state index in [2.05, 4.69) is 98.6 Å². The maximum absolute atomic E-state index is 4.66. The highest BCUT2D eigenvalue weighted by Crippen LogP contribution is 2.40. The molecule has 4 nitrogen and oxygen atoms in total. The van der Waals surface area contributed by atoms with Crippen LogP contribution in [0.2, 0.25) is 0 Å². The highest BCUT2D eigenvalue weighted by molar-refractivity contribution is 6.02. The third-order valence-electron chi connectivity index (χ3n) is 6.84. The Morgan fingerprint density at radius 3 is 1.62 bits per heavy atom. The number of rotatable bonds is 5.